The van der Waals surface area contributed by atoms with E-state index in [1.54, 1.807) is 24.1 Å². The molecule has 3 heterocycles. The van der Waals surface area contributed by atoms with Crippen molar-refractivity contribution in [1.82, 2.24) is 14.9 Å². The van der Waals surface area contributed by atoms with Crippen LogP contribution < -0.4 is 0 Å². The molecule has 1 aliphatic heterocycles. The second-order valence-corrected chi connectivity index (χ2v) is 5.86. The van der Waals surface area contributed by atoms with Gasteiger partial charge < -0.3 is 9.88 Å². The Labute approximate surface area is 133 Å². The first-order chi connectivity index (χ1) is 11.1. The second kappa shape index (κ2) is 5.19. The first-order valence-corrected chi connectivity index (χ1v) is 7.62. The number of pyridine rings is 1. The lowest BCUT2D eigenvalue weighted by Gasteiger charge is -2.35. The highest BCUT2D eigenvalue weighted by Crippen LogP contribution is 2.38. The zero-order valence-corrected chi connectivity index (χ0v) is 12.7. The van der Waals surface area contributed by atoms with E-state index in [4.69, 9.17) is 0 Å². The SMILES string of the molecule is CC(=O)N1CCc2c([nH]c3ccncc23)C1c1cccc(F)c1. The van der Waals surface area contributed by atoms with Gasteiger partial charge in [-0.05, 0) is 35.7 Å². The smallest absolute Gasteiger partial charge is 0.220 e. The van der Waals surface area contributed by atoms with Gasteiger partial charge >= 0.3 is 0 Å². The predicted octanol–water partition coefficient (Wildman–Crippen LogP) is 3.20. The standard InChI is InChI=1S/C18H16FN3O/c1-11(23)22-8-6-14-15-10-20-7-5-16(15)21-17(14)18(22)12-3-2-4-13(19)9-12/h2-5,7,9-10,18,21H,6,8H2,1H3. The Morgan fingerprint density at radius 3 is 3.04 bits per heavy atom. The third-order valence-corrected chi connectivity index (χ3v) is 4.50. The number of nitrogens with zero attached hydrogens (tertiary/aromatic N) is 2. The van der Waals surface area contributed by atoms with Crippen molar-refractivity contribution in [3.05, 3.63) is 65.4 Å². The molecule has 0 bridgehead atoms. The van der Waals surface area contributed by atoms with Crippen molar-refractivity contribution in [2.24, 2.45) is 0 Å². The van der Waals surface area contributed by atoms with Gasteiger partial charge in [0.05, 0.1) is 6.04 Å². The van der Waals surface area contributed by atoms with Crippen molar-refractivity contribution in [3.8, 4) is 0 Å². The minimum absolute atomic E-state index is 0.0123. The van der Waals surface area contributed by atoms with Gasteiger partial charge in [-0.3, -0.25) is 9.78 Å². The molecule has 0 radical (unpaired) electrons. The van der Waals surface area contributed by atoms with Crippen molar-refractivity contribution in [2.45, 2.75) is 19.4 Å². The summed E-state index contributed by atoms with van der Waals surface area (Å²) >= 11 is 0. The third-order valence-electron chi connectivity index (χ3n) is 4.50. The van der Waals surface area contributed by atoms with E-state index >= 15 is 0 Å². The number of H-pyrrole nitrogens is 1. The molecule has 1 unspecified atom stereocenters. The van der Waals surface area contributed by atoms with E-state index in [1.165, 1.54) is 17.7 Å². The van der Waals surface area contributed by atoms with Crippen LogP contribution in [0.2, 0.25) is 0 Å². The molecular weight excluding hydrogens is 293 g/mol. The maximum Gasteiger partial charge on any atom is 0.220 e. The molecule has 116 valence electrons. The van der Waals surface area contributed by atoms with Crippen LogP contribution >= 0.6 is 0 Å². The average molecular weight is 309 g/mol. The Morgan fingerprint density at radius 1 is 1.39 bits per heavy atom. The van der Waals surface area contributed by atoms with Crippen LogP contribution in [0.5, 0.6) is 0 Å². The number of aromatic amines is 1. The Bertz CT molecular complexity index is 902. The zero-order valence-electron chi connectivity index (χ0n) is 12.7. The Kier molecular flexibility index (Phi) is 3.15. The van der Waals surface area contributed by atoms with Gasteiger partial charge in [0.2, 0.25) is 5.91 Å². The van der Waals surface area contributed by atoms with Crippen LogP contribution in [0.4, 0.5) is 4.39 Å². The fourth-order valence-electron chi connectivity index (χ4n) is 3.49. The van der Waals surface area contributed by atoms with E-state index in [2.05, 4.69) is 9.97 Å². The molecule has 3 aromatic rings. The quantitative estimate of drug-likeness (QED) is 0.750. The lowest BCUT2D eigenvalue weighted by Crippen LogP contribution is -2.39. The van der Waals surface area contributed by atoms with Crippen LogP contribution in [-0.2, 0) is 11.2 Å². The highest BCUT2D eigenvalue weighted by molar-refractivity contribution is 5.85. The largest absolute Gasteiger partial charge is 0.356 e. The molecule has 1 aromatic carbocycles. The highest BCUT2D eigenvalue weighted by atomic mass is 19.1. The molecule has 0 saturated carbocycles. The van der Waals surface area contributed by atoms with Crippen molar-refractivity contribution in [3.63, 3.8) is 0 Å². The number of hydrogen-bond acceptors (Lipinski definition) is 2. The summed E-state index contributed by atoms with van der Waals surface area (Å²) in [4.78, 5) is 21.5. The van der Waals surface area contributed by atoms with Crippen molar-refractivity contribution in [1.29, 1.82) is 0 Å². The fraction of sp³-hybridized carbons (Fsp3) is 0.222. The predicted molar refractivity (Wildman–Crippen MR) is 85.4 cm³/mol. The fourth-order valence-corrected chi connectivity index (χ4v) is 3.49. The van der Waals surface area contributed by atoms with E-state index in [0.717, 1.165) is 28.6 Å². The summed E-state index contributed by atoms with van der Waals surface area (Å²) in [6, 6.07) is 8.09. The monoisotopic (exact) mass is 309 g/mol. The summed E-state index contributed by atoms with van der Waals surface area (Å²) in [6.45, 7) is 2.17. The molecule has 1 aliphatic rings. The molecule has 0 aliphatic carbocycles. The first kappa shape index (κ1) is 13.9. The number of carbonyl (C=O) groups is 1. The van der Waals surface area contributed by atoms with Gasteiger partial charge in [-0.2, -0.15) is 0 Å². The van der Waals surface area contributed by atoms with Gasteiger partial charge in [0.15, 0.2) is 0 Å². The van der Waals surface area contributed by atoms with E-state index in [1.807, 2.05) is 18.3 Å². The number of aromatic nitrogens is 2. The van der Waals surface area contributed by atoms with Crippen molar-refractivity contribution < 1.29 is 9.18 Å². The normalized spacial score (nSPS) is 17.3. The summed E-state index contributed by atoms with van der Waals surface area (Å²) in [5, 5.41) is 1.08. The maximum absolute atomic E-state index is 13.7. The molecule has 1 N–H and O–H groups in total. The number of benzene rings is 1. The molecule has 4 nitrogen and oxygen atoms in total. The maximum atomic E-state index is 13.7. The lowest BCUT2D eigenvalue weighted by atomic mass is 9.92. The molecular formula is C18H16FN3O. The number of carbonyl (C=O) groups excluding carboxylic acids is 1. The van der Waals surface area contributed by atoms with Crippen LogP contribution in [0, 0.1) is 5.82 Å². The first-order valence-electron chi connectivity index (χ1n) is 7.62. The molecule has 1 amide bonds. The van der Waals surface area contributed by atoms with E-state index in [-0.39, 0.29) is 17.8 Å². The second-order valence-electron chi connectivity index (χ2n) is 5.86. The van der Waals surface area contributed by atoms with Crippen LogP contribution in [-0.4, -0.2) is 27.3 Å². The van der Waals surface area contributed by atoms with Gasteiger partial charge in [-0.1, -0.05) is 12.1 Å². The molecule has 0 saturated heterocycles. The third kappa shape index (κ3) is 2.20. The van der Waals surface area contributed by atoms with Gasteiger partial charge in [0, 0.05) is 42.5 Å². The number of hydrogen-bond donors (Lipinski definition) is 1. The van der Waals surface area contributed by atoms with Crippen LogP contribution in [0.1, 0.15) is 29.8 Å². The summed E-state index contributed by atoms with van der Waals surface area (Å²) in [6.07, 6.45) is 4.35. The minimum atomic E-state index is -0.295. The van der Waals surface area contributed by atoms with Crippen molar-refractivity contribution in [2.75, 3.05) is 6.54 Å². The molecule has 2 aromatic heterocycles. The molecule has 5 heteroatoms. The summed E-state index contributed by atoms with van der Waals surface area (Å²) in [7, 11) is 0. The summed E-state index contributed by atoms with van der Waals surface area (Å²) < 4.78 is 13.7. The van der Waals surface area contributed by atoms with Crippen LogP contribution in [0.15, 0.2) is 42.7 Å². The van der Waals surface area contributed by atoms with E-state index in [9.17, 15) is 9.18 Å². The number of rotatable bonds is 1. The Balaban J connectivity index is 1.95. The van der Waals surface area contributed by atoms with Gasteiger partial charge in [0.1, 0.15) is 5.82 Å². The number of nitrogens with one attached hydrogen (secondary N) is 1. The van der Waals surface area contributed by atoms with Crippen molar-refractivity contribution >= 4 is 16.8 Å². The molecule has 23 heavy (non-hydrogen) atoms. The lowest BCUT2D eigenvalue weighted by molar-refractivity contribution is -0.130. The Morgan fingerprint density at radius 2 is 2.26 bits per heavy atom. The average Bonchev–Trinajstić information content (AvgIpc) is 2.92. The van der Waals surface area contributed by atoms with Gasteiger partial charge in [0.25, 0.3) is 0 Å². The van der Waals surface area contributed by atoms with Gasteiger partial charge in [-0.25, -0.2) is 4.39 Å². The summed E-state index contributed by atoms with van der Waals surface area (Å²) in [5.74, 6) is -0.308. The number of amides is 1. The van der Waals surface area contributed by atoms with Crippen LogP contribution in [0.3, 0.4) is 0 Å². The Hall–Kier alpha value is -2.69. The minimum Gasteiger partial charge on any atom is -0.356 e. The summed E-state index contributed by atoms with van der Waals surface area (Å²) in [5.41, 5.74) is 3.90. The molecule has 4 rings (SSSR count). The number of fused-ring (bicyclic) bond motifs is 3. The van der Waals surface area contributed by atoms with Crippen LogP contribution in [0.25, 0.3) is 10.9 Å². The van der Waals surface area contributed by atoms with E-state index < -0.39 is 0 Å². The molecule has 1 atom stereocenters. The molecule has 0 fully saturated rings. The molecule has 0 spiro atoms. The number of halogens is 1. The topological polar surface area (TPSA) is 49.0 Å². The zero-order chi connectivity index (χ0) is 16.0. The highest BCUT2D eigenvalue weighted by Gasteiger charge is 2.33. The van der Waals surface area contributed by atoms with Gasteiger partial charge in [-0.15, -0.1) is 0 Å². The van der Waals surface area contributed by atoms with E-state index in [0.29, 0.717) is 6.54 Å².